The molecule has 0 radical (unpaired) electrons. The van der Waals surface area contributed by atoms with Gasteiger partial charge in [0.05, 0.1) is 23.0 Å². The molecule has 0 unspecified atom stereocenters. The van der Waals surface area contributed by atoms with E-state index >= 15 is 0 Å². The number of benzene rings is 1. The van der Waals surface area contributed by atoms with Crippen molar-refractivity contribution in [1.29, 1.82) is 0 Å². The third kappa shape index (κ3) is 3.72. The van der Waals surface area contributed by atoms with Gasteiger partial charge in [0.1, 0.15) is 5.69 Å². The van der Waals surface area contributed by atoms with Crippen molar-refractivity contribution in [3.8, 4) is 0 Å². The van der Waals surface area contributed by atoms with E-state index in [9.17, 15) is 23.3 Å². The van der Waals surface area contributed by atoms with Gasteiger partial charge in [0.25, 0.3) is 5.69 Å². The molecule has 1 aromatic carbocycles. The number of rotatable bonds is 4. The Morgan fingerprint density at radius 1 is 1.40 bits per heavy atom. The molecular weight excluding hydrogens is 352 g/mol. The summed E-state index contributed by atoms with van der Waals surface area (Å²) in [5, 5.41) is 19.3. The third-order valence-electron chi connectivity index (χ3n) is 4.30. The van der Waals surface area contributed by atoms with E-state index in [0.717, 1.165) is 6.07 Å². The molecule has 0 bridgehead atoms. The monoisotopic (exact) mass is 370 g/mol. The molecule has 136 valence electrons. The number of amides is 1. The number of nitrogens with two attached hydrogens (primary N) is 1. The molecule has 1 aromatic rings. The minimum Gasteiger partial charge on any atom is -0.378 e. The second-order valence-corrected chi connectivity index (χ2v) is 7.58. The highest BCUT2D eigenvalue weighted by molar-refractivity contribution is 7.89. The first kappa shape index (κ1) is 17.6. The van der Waals surface area contributed by atoms with Gasteiger partial charge in [0.15, 0.2) is 0 Å². The van der Waals surface area contributed by atoms with E-state index in [1.54, 1.807) is 4.90 Å². The molecule has 1 amide bonds. The van der Waals surface area contributed by atoms with Gasteiger partial charge in [-0.15, -0.1) is 0 Å². The van der Waals surface area contributed by atoms with Crippen molar-refractivity contribution in [3.63, 3.8) is 0 Å². The van der Waals surface area contributed by atoms with E-state index in [-0.39, 0.29) is 34.6 Å². The first-order valence-corrected chi connectivity index (χ1v) is 9.26. The Kier molecular flexibility index (Phi) is 4.62. The van der Waals surface area contributed by atoms with E-state index in [1.807, 2.05) is 0 Å². The molecule has 0 saturated carbocycles. The highest BCUT2D eigenvalue weighted by Crippen LogP contribution is 2.37. The van der Waals surface area contributed by atoms with Gasteiger partial charge >= 0.3 is 0 Å². The number of nitrogens with zero attached hydrogens (tertiary/aromatic N) is 2. The van der Waals surface area contributed by atoms with Crippen molar-refractivity contribution in [1.82, 2.24) is 4.90 Å². The Morgan fingerprint density at radius 2 is 2.08 bits per heavy atom. The van der Waals surface area contributed by atoms with Crippen molar-refractivity contribution in [2.75, 3.05) is 31.6 Å². The lowest BCUT2D eigenvalue weighted by atomic mass is 10.1. The van der Waals surface area contributed by atoms with E-state index in [0.29, 0.717) is 38.3 Å². The number of carbonyl (C=O) groups is 1. The van der Waals surface area contributed by atoms with Crippen LogP contribution in [-0.2, 0) is 26.0 Å². The van der Waals surface area contributed by atoms with Gasteiger partial charge < -0.3 is 15.0 Å². The number of fused-ring (bicyclic) bond motifs is 1. The molecule has 0 aromatic heterocycles. The molecule has 0 spiro atoms. The van der Waals surface area contributed by atoms with Gasteiger partial charge in [-0.2, -0.15) is 0 Å². The number of hydrogen-bond donors (Lipinski definition) is 2. The number of morpholine rings is 1. The molecule has 1 atom stereocenters. The maximum absolute atomic E-state index is 12.3. The van der Waals surface area contributed by atoms with Gasteiger partial charge in [0.2, 0.25) is 15.9 Å². The quantitative estimate of drug-likeness (QED) is 0.553. The predicted molar refractivity (Wildman–Crippen MR) is 87.6 cm³/mol. The van der Waals surface area contributed by atoms with E-state index in [4.69, 9.17) is 9.88 Å². The fourth-order valence-corrected chi connectivity index (χ4v) is 3.67. The van der Waals surface area contributed by atoms with Gasteiger partial charge in [-0.3, -0.25) is 14.9 Å². The van der Waals surface area contributed by atoms with Crippen molar-refractivity contribution in [2.45, 2.75) is 23.8 Å². The summed E-state index contributed by atoms with van der Waals surface area (Å²) in [4.78, 5) is 24.3. The van der Waals surface area contributed by atoms with Crippen molar-refractivity contribution in [2.24, 2.45) is 5.14 Å². The Morgan fingerprint density at radius 3 is 2.68 bits per heavy atom. The minimum atomic E-state index is -4.06. The summed E-state index contributed by atoms with van der Waals surface area (Å²) in [6.45, 7) is 2.03. The zero-order valence-corrected chi connectivity index (χ0v) is 14.1. The number of sulfonamides is 1. The van der Waals surface area contributed by atoms with E-state index in [1.165, 1.54) is 6.07 Å². The standard InChI is InChI=1S/C14H18N4O6S/c15-25(22,23)11-6-9-5-10(16-14(9)12(8-11)18(20)21)7-13(19)17-1-3-24-4-2-17/h6,8,10,16H,1-5,7H2,(H2,15,22,23)/t10-/m0/s1. The zero-order chi connectivity index (χ0) is 18.2. The molecular formula is C14H18N4O6S. The van der Waals surface area contributed by atoms with E-state index < -0.39 is 14.9 Å². The summed E-state index contributed by atoms with van der Waals surface area (Å²) in [6.07, 6.45) is 0.478. The maximum atomic E-state index is 12.3. The molecule has 1 fully saturated rings. The predicted octanol–water partition coefficient (Wildman–Crippen LogP) is -0.172. The number of hydrogen-bond acceptors (Lipinski definition) is 7. The summed E-state index contributed by atoms with van der Waals surface area (Å²) >= 11 is 0. The van der Waals surface area contributed by atoms with Gasteiger partial charge in [0, 0.05) is 31.6 Å². The number of nitro benzene ring substituents is 1. The highest BCUT2D eigenvalue weighted by atomic mass is 32.2. The summed E-state index contributed by atoms with van der Waals surface area (Å²) in [5.74, 6) is -0.0667. The van der Waals surface area contributed by atoms with Crippen LogP contribution in [-0.4, -0.2) is 56.5 Å². The van der Waals surface area contributed by atoms with Gasteiger partial charge in [-0.05, 0) is 18.1 Å². The molecule has 1 saturated heterocycles. The molecule has 2 aliphatic rings. The molecule has 0 aliphatic carbocycles. The first-order chi connectivity index (χ1) is 11.8. The highest BCUT2D eigenvalue weighted by Gasteiger charge is 2.32. The minimum absolute atomic E-state index is 0.0667. The van der Waals surface area contributed by atoms with E-state index in [2.05, 4.69) is 5.32 Å². The lowest BCUT2D eigenvalue weighted by Gasteiger charge is -2.27. The van der Waals surface area contributed by atoms with Gasteiger partial charge in [-0.25, -0.2) is 13.6 Å². The van der Waals surface area contributed by atoms with Crippen molar-refractivity contribution >= 4 is 27.3 Å². The number of ether oxygens (including phenoxy) is 1. The topological polar surface area (TPSA) is 145 Å². The molecule has 2 heterocycles. The van der Waals surface area contributed by atoms with Crippen LogP contribution in [0.2, 0.25) is 0 Å². The van der Waals surface area contributed by atoms with Crippen LogP contribution in [0.15, 0.2) is 17.0 Å². The Balaban J connectivity index is 1.80. The molecule has 11 heteroatoms. The van der Waals surface area contributed by atoms with Crippen LogP contribution in [0.25, 0.3) is 0 Å². The summed E-state index contributed by atoms with van der Waals surface area (Å²) in [7, 11) is -4.06. The number of anilines is 1. The number of carbonyl (C=O) groups excluding carboxylic acids is 1. The number of nitro groups is 1. The normalized spacial score (nSPS) is 20.0. The van der Waals surface area contributed by atoms with Crippen molar-refractivity contribution < 1.29 is 22.9 Å². The second kappa shape index (κ2) is 6.58. The van der Waals surface area contributed by atoms with Crippen LogP contribution in [0.5, 0.6) is 0 Å². The molecule has 3 N–H and O–H groups in total. The lowest BCUT2D eigenvalue weighted by Crippen LogP contribution is -2.42. The van der Waals surface area contributed by atoms with Crippen molar-refractivity contribution in [3.05, 3.63) is 27.8 Å². The summed E-state index contributed by atoms with van der Waals surface area (Å²) in [6, 6.07) is 1.93. The molecule has 2 aliphatic heterocycles. The molecule has 25 heavy (non-hydrogen) atoms. The number of nitrogens with one attached hydrogen (secondary N) is 1. The average Bonchev–Trinajstić information content (AvgIpc) is 2.95. The van der Waals surface area contributed by atoms with Crippen LogP contribution < -0.4 is 10.5 Å². The third-order valence-corrected chi connectivity index (χ3v) is 5.19. The summed E-state index contributed by atoms with van der Waals surface area (Å²) in [5.41, 5.74) is 0.359. The fraction of sp³-hybridized carbons (Fsp3) is 0.500. The Bertz CT molecular complexity index is 819. The van der Waals surface area contributed by atoms with Crippen LogP contribution in [0.1, 0.15) is 12.0 Å². The molecule has 3 rings (SSSR count). The smallest absolute Gasteiger partial charge is 0.293 e. The van der Waals surface area contributed by atoms with Crippen LogP contribution in [0, 0.1) is 10.1 Å². The maximum Gasteiger partial charge on any atom is 0.293 e. The first-order valence-electron chi connectivity index (χ1n) is 7.72. The number of primary sulfonamides is 1. The van der Waals surface area contributed by atoms with Crippen LogP contribution in [0.3, 0.4) is 0 Å². The Labute approximate surface area is 144 Å². The molecule has 10 nitrogen and oxygen atoms in total. The average molecular weight is 370 g/mol. The lowest BCUT2D eigenvalue weighted by molar-refractivity contribution is -0.384. The van der Waals surface area contributed by atoms with Gasteiger partial charge in [-0.1, -0.05) is 0 Å². The largest absolute Gasteiger partial charge is 0.378 e. The van der Waals surface area contributed by atoms with Crippen LogP contribution >= 0.6 is 0 Å². The Hall–Kier alpha value is -2.24. The SMILES string of the molecule is NS(=O)(=O)c1cc2c(c([N+](=O)[O-])c1)N[C@H](CC(=O)N1CCOCC1)C2. The van der Waals surface area contributed by atoms with Crippen LogP contribution in [0.4, 0.5) is 11.4 Å². The second-order valence-electron chi connectivity index (χ2n) is 6.02. The fourth-order valence-electron chi connectivity index (χ4n) is 3.09. The summed E-state index contributed by atoms with van der Waals surface area (Å²) < 4.78 is 28.3. The zero-order valence-electron chi connectivity index (χ0n) is 13.3.